The Kier molecular flexibility index (Phi) is 4.72. The summed E-state index contributed by atoms with van der Waals surface area (Å²) in [6.07, 6.45) is 1.55. The number of carbonyl (C=O) groups is 2. The van der Waals surface area contributed by atoms with Crippen LogP contribution in [0.25, 0.3) is 10.9 Å². The highest BCUT2D eigenvalue weighted by Crippen LogP contribution is 2.23. The van der Waals surface area contributed by atoms with Gasteiger partial charge in [0.05, 0.1) is 18.4 Å². The number of benzene rings is 2. The summed E-state index contributed by atoms with van der Waals surface area (Å²) in [7, 11) is 1.30. The number of hydrogen-bond donors (Lipinski definition) is 1. The van der Waals surface area contributed by atoms with Crippen molar-refractivity contribution in [2.24, 2.45) is 0 Å². The van der Waals surface area contributed by atoms with Crippen LogP contribution in [0, 0.1) is 5.82 Å². The second kappa shape index (κ2) is 6.94. The minimum Gasteiger partial charge on any atom is -0.465 e. The lowest BCUT2D eigenvalue weighted by Crippen LogP contribution is -2.19. The molecule has 0 radical (unpaired) electrons. The maximum absolute atomic E-state index is 13.8. The topological polar surface area (TPSA) is 60.3 Å². The Morgan fingerprint density at radius 3 is 2.72 bits per heavy atom. The minimum absolute atomic E-state index is 0.0408. The van der Waals surface area contributed by atoms with Crippen molar-refractivity contribution < 1.29 is 18.7 Å². The first-order valence-corrected chi connectivity index (χ1v) is 7.78. The fourth-order valence-corrected chi connectivity index (χ4v) is 2.74. The van der Waals surface area contributed by atoms with Crippen molar-refractivity contribution in [3.63, 3.8) is 0 Å². The molecule has 2 aromatic carbocycles. The van der Waals surface area contributed by atoms with Gasteiger partial charge in [0.1, 0.15) is 12.4 Å². The predicted molar refractivity (Wildman–Crippen MR) is 93.3 cm³/mol. The summed E-state index contributed by atoms with van der Waals surface area (Å²) in [5.41, 5.74) is 1.11. The Balaban J connectivity index is 1.87. The number of rotatable bonds is 4. The standard InChI is InChI=1S/C18H14ClFN2O3/c1-25-18(24)13-9-22(16-5-3-2-4-12(13)16)10-17(23)21-15-7-6-11(19)8-14(15)20/h2-9H,10H2,1H3,(H,21,23). The number of esters is 1. The van der Waals surface area contributed by atoms with Gasteiger partial charge in [0.15, 0.2) is 0 Å². The van der Waals surface area contributed by atoms with E-state index < -0.39 is 17.7 Å². The molecule has 7 heteroatoms. The van der Waals surface area contributed by atoms with Gasteiger partial charge >= 0.3 is 5.97 Å². The van der Waals surface area contributed by atoms with Gasteiger partial charge in [0.2, 0.25) is 5.91 Å². The largest absolute Gasteiger partial charge is 0.465 e. The number of nitrogens with zero attached hydrogens (tertiary/aromatic N) is 1. The summed E-state index contributed by atoms with van der Waals surface area (Å²) >= 11 is 5.69. The third kappa shape index (κ3) is 3.49. The van der Waals surface area contributed by atoms with E-state index in [1.165, 1.54) is 19.2 Å². The second-order valence-corrected chi connectivity index (χ2v) is 5.79. The molecule has 0 saturated heterocycles. The zero-order chi connectivity index (χ0) is 18.0. The molecule has 1 amide bonds. The number of hydrogen-bond acceptors (Lipinski definition) is 3. The number of nitrogens with one attached hydrogen (secondary N) is 1. The van der Waals surface area contributed by atoms with E-state index in [0.717, 1.165) is 6.07 Å². The fraction of sp³-hybridized carbons (Fsp3) is 0.111. The molecule has 0 atom stereocenters. The number of carbonyl (C=O) groups excluding carboxylic acids is 2. The lowest BCUT2D eigenvalue weighted by Gasteiger charge is -2.08. The summed E-state index contributed by atoms with van der Waals surface area (Å²) < 4.78 is 20.2. The SMILES string of the molecule is COC(=O)c1cn(CC(=O)Nc2ccc(Cl)cc2F)c2ccccc12. The highest BCUT2D eigenvalue weighted by Gasteiger charge is 2.17. The summed E-state index contributed by atoms with van der Waals surface area (Å²) in [4.78, 5) is 24.2. The lowest BCUT2D eigenvalue weighted by molar-refractivity contribution is -0.116. The molecule has 3 rings (SSSR count). The third-order valence-electron chi connectivity index (χ3n) is 3.71. The molecule has 0 fully saturated rings. The average molecular weight is 361 g/mol. The van der Waals surface area contributed by atoms with Crippen LogP contribution in [0.15, 0.2) is 48.7 Å². The van der Waals surface area contributed by atoms with Crippen LogP contribution in [0.4, 0.5) is 10.1 Å². The molecule has 0 aliphatic rings. The van der Waals surface area contributed by atoms with Crippen molar-refractivity contribution in [2.45, 2.75) is 6.54 Å². The van der Waals surface area contributed by atoms with Crippen LogP contribution >= 0.6 is 11.6 Å². The number of methoxy groups -OCH3 is 1. The van der Waals surface area contributed by atoms with E-state index >= 15 is 0 Å². The first kappa shape index (κ1) is 17.0. The Hall–Kier alpha value is -2.86. The Labute approximate surface area is 148 Å². The highest BCUT2D eigenvalue weighted by molar-refractivity contribution is 6.30. The number of amides is 1. The maximum atomic E-state index is 13.8. The zero-order valence-corrected chi connectivity index (χ0v) is 14.0. The smallest absolute Gasteiger partial charge is 0.340 e. The molecule has 5 nitrogen and oxygen atoms in total. The molecule has 1 heterocycles. The van der Waals surface area contributed by atoms with E-state index in [9.17, 15) is 14.0 Å². The van der Waals surface area contributed by atoms with Gasteiger partial charge in [0.25, 0.3) is 0 Å². The molecule has 0 unspecified atom stereocenters. The number of halogens is 2. The molecule has 25 heavy (non-hydrogen) atoms. The molecule has 0 bridgehead atoms. The molecule has 3 aromatic rings. The number of para-hydroxylation sites is 1. The molecular formula is C18H14ClFN2O3. The van der Waals surface area contributed by atoms with Crippen LogP contribution in [-0.2, 0) is 16.1 Å². The second-order valence-electron chi connectivity index (χ2n) is 5.35. The summed E-state index contributed by atoms with van der Waals surface area (Å²) in [6.45, 7) is -0.0838. The van der Waals surface area contributed by atoms with Gasteiger partial charge in [-0.3, -0.25) is 4.79 Å². The fourth-order valence-electron chi connectivity index (χ4n) is 2.59. The number of fused-ring (bicyclic) bond motifs is 1. The van der Waals surface area contributed by atoms with E-state index in [1.54, 1.807) is 35.0 Å². The Morgan fingerprint density at radius 1 is 1.24 bits per heavy atom. The molecule has 1 aromatic heterocycles. The highest BCUT2D eigenvalue weighted by atomic mass is 35.5. The molecular weight excluding hydrogens is 347 g/mol. The van der Waals surface area contributed by atoms with E-state index in [2.05, 4.69) is 5.32 Å². The minimum atomic E-state index is -0.617. The van der Waals surface area contributed by atoms with Crippen molar-refractivity contribution in [3.05, 3.63) is 65.1 Å². The van der Waals surface area contributed by atoms with Crippen molar-refractivity contribution in [1.29, 1.82) is 0 Å². The molecule has 1 N–H and O–H groups in total. The van der Waals surface area contributed by atoms with Gasteiger partial charge in [-0.25, -0.2) is 9.18 Å². The first-order chi connectivity index (χ1) is 12.0. The number of ether oxygens (including phenoxy) is 1. The van der Waals surface area contributed by atoms with Crippen molar-refractivity contribution in [3.8, 4) is 0 Å². The van der Waals surface area contributed by atoms with Gasteiger partial charge in [-0.15, -0.1) is 0 Å². The summed E-state index contributed by atoms with van der Waals surface area (Å²) in [5, 5.41) is 3.42. The van der Waals surface area contributed by atoms with Crippen LogP contribution in [-0.4, -0.2) is 23.6 Å². The molecule has 0 saturated carbocycles. The van der Waals surface area contributed by atoms with Crippen molar-refractivity contribution in [1.82, 2.24) is 4.57 Å². The third-order valence-corrected chi connectivity index (χ3v) is 3.95. The lowest BCUT2D eigenvalue weighted by atomic mass is 10.2. The molecule has 0 aliphatic carbocycles. The van der Waals surface area contributed by atoms with Gasteiger partial charge in [-0.05, 0) is 24.3 Å². The average Bonchev–Trinajstić information content (AvgIpc) is 2.95. The summed E-state index contributed by atoms with van der Waals surface area (Å²) in [5.74, 6) is -1.54. The summed E-state index contributed by atoms with van der Waals surface area (Å²) in [6, 6.07) is 11.2. The van der Waals surface area contributed by atoms with E-state index in [4.69, 9.17) is 16.3 Å². The van der Waals surface area contributed by atoms with E-state index in [0.29, 0.717) is 16.5 Å². The van der Waals surface area contributed by atoms with Crippen molar-refractivity contribution in [2.75, 3.05) is 12.4 Å². The molecule has 128 valence electrons. The molecule has 0 spiro atoms. The Bertz CT molecular complexity index is 968. The first-order valence-electron chi connectivity index (χ1n) is 7.40. The molecule has 0 aliphatic heterocycles. The van der Waals surface area contributed by atoms with Gasteiger partial charge in [0, 0.05) is 22.1 Å². The van der Waals surface area contributed by atoms with Gasteiger partial charge in [-0.1, -0.05) is 29.8 Å². The van der Waals surface area contributed by atoms with Gasteiger partial charge < -0.3 is 14.6 Å². The van der Waals surface area contributed by atoms with Crippen LogP contribution in [0.3, 0.4) is 0 Å². The monoisotopic (exact) mass is 360 g/mol. The van der Waals surface area contributed by atoms with Gasteiger partial charge in [-0.2, -0.15) is 0 Å². The van der Waals surface area contributed by atoms with Crippen molar-refractivity contribution >= 4 is 40.1 Å². The van der Waals surface area contributed by atoms with E-state index in [-0.39, 0.29) is 17.3 Å². The number of aromatic nitrogens is 1. The Morgan fingerprint density at radius 2 is 2.00 bits per heavy atom. The van der Waals surface area contributed by atoms with Crippen LogP contribution in [0.1, 0.15) is 10.4 Å². The van der Waals surface area contributed by atoms with E-state index in [1.807, 2.05) is 0 Å². The quantitative estimate of drug-likeness (QED) is 0.719. The maximum Gasteiger partial charge on any atom is 0.340 e. The normalized spacial score (nSPS) is 10.7. The van der Waals surface area contributed by atoms with Crippen LogP contribution in [0.2, 0.25) is 5.02 Å². The predicted octanol–water partition coefficient (Wildman–Crippen LogP) is 3.86. The van der Waals surface area contributed by atoms with Crippen LogP contribution in [0.5, 0.6) is 0 Å². The number of anilines is 1. The zero-order valence-electron chi connectivity index (χ0n) is 13.3. The van der Waals surface area contributed by atoms with Crippen LogP contribution < -0.4 is 5.32 Å².